The molecule has 2 aromatic rings. The summed E-state index contributed by atoms with van der Waals surface area (Å²) in [6.07, 6.45) is 0.0186. The smallest absolute Gasteiger partial charge is 0.432 e. The average Bonchev–Trinajstić information content (AvgIpc) is 2.98. The summed E-state index contributed by atoms with van der Waals surface area (Å²) in [5.41, 5.74) is 1.53. The molecular formula is C22H32N4O4. The van der Waals surface area contributed by atoms with Gasteiger partial charge in [0.1, 0.15) is 5.60 Å². The number of carboxylic acid groups (broad SMARTS) is 1. The van der Waals surface area contributed by atoms with Crippen LogP contribution in [0.2, 0.25) is 0 Å². The van der Waals surface area contributed by atoms with Crippen molar-refractivity contribution < 1.29 is 19.4 Å². The Bertz CT molecular complexity index is 944. The van der Waals surface area contributed by atoms with E-state index in [2.05, 4.69) is 31.2 Å². The maximum Gasteiger partial charge on any atom is 0.432 e. The molecule has 0 bridgehead atoms. The van der Waals surface area contributed by atoms with Gasteiger partial charge in [0.25, 0.3) is 0 Å². The highest BCUT2D eigenvalue weighted by Gasteiger charge is 2.30. The van der Waals surface area contributed by atoms with Crippen LogP contribution in [0, 0.1) is 0 Å². The maximum atomic E-state index is 12.3. The molecule has 0 saturated carbocycles. The van der Waals surface area contributed by atoms with Gasteiger partial charge >= 0.3 is 12.2 Å². The Morgan fingerprint density at radius 1 is 1.13 bits per heavy atom. The van der Waals surface area contributed by atoms with E-state index in [0.717, 1.165) is 21.4 Å². The number of likely N-dealkylation sites (tertiary alicyclic amines) is 1. The first kappa shape index (κ1) is 21.9. The average molecular weight is 417 g/mol. The number of nitrogens with one attached hydrogen (secondary N) is 1. The monoisotopic (exact) mass is 416 g/mol. The van der Waals surface area contributed by atoms with Crippen molar-refractivity contribution in [3.05, 3.63) is 23.9 Å². The molecule has 0 radical (unpaired) electrons. The number of amides is 1. The lowest BCUT2D eigenvalue weighted by Gasteiger charge is -2.33. The molecule has 0 aliphatic carbocycles. The normalized spacial score (nSPS) is 16.0. The van der Waals surface area contributed by atoms with Crippen molar-refractivity contribution in [3.8, 4) is 0 Å². The molecule has 1 fully saturated rings. The number of piperidine rings is 1. The summed E-state index contributed by atoms with van der Waals surface area (Å²) >= 11 is 0. The lowest BCUT2D eigenvalue weighted by atomic mass is 9.91. The Balaban J connectivity index is 1.83. The van der Waals surface area contributed by atoms with Crippen molar-refractivity contribution in [1.29, 1.82) is 0 Å². The topological polar surface area (TPSA) is 96.7 Å². The van der Waals surface area contributed by atoms with E-state index in [1.165, 1.54) is 0 Å². The molecule has 8 nitrogen and oxygen atoms in total. The van der Waals surface area contributed by atoms with Crippen LogP contribution in [0.15, 0.2) is 18.2 Å². The van der Waals surface area contributed by atoms with Gasteiger partial charge in [0, 0.05) is 35.6 Å². The molecule has 1 aliphatic heterocycles. The van der Waals surface area contributed by atoms with Crippen molar-refractivity contribution in [3.63, 3.8) is 0 Å². The highest BCUT2D eigenvalue weighted by atomic mass is 16.6. The predicted molar refractivity (Wildman–Crippen MR) is 116 cm³/mol. The van der Waals surface area contributed by atoms with Gasteiger partial charge in [0.2, 0.25) is 0 Å². The molecule has 164 valence electrons. The van der Waals surface area contributed by atoms with Gasteiger partial charge in [-0.25, -0.2) is 9.59 Å². The second-order valence-electron chi connectivity index (χ2n) is 9.93. The van der Waals surface area contributed by atoms with E-state index in [4.69, 9.17) is 4.74 Å². The third kappa shape index (κ3) is 5.04. The predicted octanol–water partition coefficient (Wildman–Crippen LogP) is 4.89. The van der Waals surface area contributed by atoms with Crippen LogP contribution < -0.4 is 5.32 Å². The van der Waals surface area contributed by atoms with Crippen LogP contribution in [0.1, 0.15) is 66.0 Å². The number of aromatic nitrogens is 2. The number of rotatable bonds is 2. The van der Waals surface area contributed by atoms with Gasteiger partial charge in [0.15, 0.2) is 0 Å². The Morgan fingerprint density at radius 3 is 2.30 bits per heavy atom. The first-order valence-electron chi connectivity index (χ1n) is 10.4. The molecule has 0 atom stereocenters. The van der Waals surface area contributed by atoms with Crippen molar-refractivity contribution in [2.75, 3.05) is 18.4 Å². The first-order valence-corrected chi connectivity index (χ1v) is 10.4. The van der Waals surface area contributed by atoms with Gasteiger partial charge in [-0.05, 0) is 72.6 Å². The van der Waals surface area contributed by atoms with E-state index < -0.39 is 11.7 Å². The van der Waals surface area contributed by atoms with E-state index in [0.29, 0.717) is 31.4 Å². The van der Waals surface area contributed by atoms with E-state index in [-0.39, 0.29) is 17.6 Å². The van der Waals surface area contributed by atoms with E-state index in [1.54, 1.807) is 4.90 Å². The van der Waals surface area contributed by atoms with Crippen molar-refractivity contribution >= 4 is 28.8 Å². The fourth-order valence-electron chi connectivity index (χ4n) is 3.76. The standard InChI is InChI=1S/C22H32N4O4/c1-21(2,3)23-15-7-8-16-17(13-15)26(19(27)28)24-18(16)14-9-11-25(12-10-14)20(29)30-22(4,5)6/h7-8,13-14,23H,9-12H2,1-6H3,(H,27,28). The number of nitrogens with zero attached hydrogens (tertiary/aromatic N) is 3. The second kappa shape index (κ2) is 7.81. The summed E-state index contributed by atoms with van der Waals surface area (Å²) < 4.78 is 6.51. The molecule has 1 amide bonds. The number of fused-ring (bicyclic) bond motifs is 1. The molecule has 1 aromatic carbocycles. The van der Waals surface area contributed by atoms with Gasteiger partial charge in [-0.3, -0.25) is 0 Å². The molecule has 0 spiro atoms. The fourth-order valence-corrected chi connectivity index (χ4v) is 3.76. The van der Waals surface area contributed by atoms with Gasteiger partial charge in [-0.1, -0.05) is 0 Å². The van der Waals surface area contributed by atoms with Crippen LogP contribution in [-0.2, 0) is 4.74 Å². The van der Waals surface area contributed by atoms with Crippen LogP contribution in [-0.4, -0.2) is 56.2 Å². The molecular weight excluding hydrogens is 384 g/mol. The third-order valence-corrected chi connectivity index (χ3v) is 4.94. The van der Waals surface area contributed by atoms with E-state index in [1.807, 2.05) is 39.0 Å². The van der Waals surface area contributed by atoms with Crippen LogP contribution in [0.5, 0.6) is 0 Å². The van der Waals surface area contributed by atoms with Gasteiger partial charge < -0.3 is 20.1 Å². The number of hydrogen-bond acceptors (Lipinski definition) is 5. The third-order valence-electron chi connectivity index (χ3n) is 4.94. The Hall–Kier alpha value is -2.77. The number of carbonyl (C=O) groups excluding carboxylic acids is 1. The molecule has 2 N–H and O–H groups in total. The molecule has 2 heterocycles. The number of ether oxygens (including phenoxy) is 1. The summed E-state index contributed by atoms with van der Waals surface area (Å²) in [4.78, 5) is 25.8. The first-order chi connectivity index (χ1) is 13.8. The minimum Gasteiger partial charge on any atom is -0.463 e. The van der Waals surface area contributed by atoms with Gasteiger partial charge in [0.05, 0.1) is 11.2 Å². The SMILES string of the molecule is CC(C)(C)Nc1ccc2c(C3CCN(C(=O)OC(C)(C)C)CC3)nn(C(=O)O)c2c1. The van der Waals surface area contributed by atoms with Gasteiger partial charge in [-0.15, -0.1) is 0 Å². The van der Waals surface area contributed by atoms with Crippen LogP contribution >= 0.6 is 0 Å². The lowest BCUT2D eigenvalue weighted by molar-refractivity contribution is 0.0204. The van der Waals surface area contributed by atoms with Crippen LogP contribution in [0.4, 0.5) is 15.3 Å². The summed E-state index contributed by atoms with van der Waals surface area (Å²) in [7, 11) is 0. The second-order valence-corrected chi connectivity index (χ2v) is 9.93. The number of carbonyl (C=O) groups is 2. The molecule has 1 aliphatic rings. The summed E-state index contributed by atoms with van der Waals surface area (Å²) in [5.74, 6) is 0.0909. The molecule has 1 aromatic heterocycles. The molecule has 8 heteroatoms. The summed E-state index contributed by atoms with van der Waals surface area (Å²) in [6, 6.07) is 5.73. The Kier molecular flexibility index (Phi) is 5.71. The van der Waals surface area contributed by atoms with Crippen molar-refractivity contribution in [1.82, 2.24) is 14.7 Å². The Labute approximate surface area is 177 Å². The number of hydrogen-bond donors (Lipinski definition) is 2. The summed E-state index contributed by atoms with van der Waals surface area (Å²) in [6.45, 7) is 12.8. The minimum atomic E-state index is -1.11. The number of anilines is 1. The zero-order valence-electron chi connectivity index (χ0n) is 18.7. The van der Waals surface area contributed by atoms with Crippen LogP contribution in [0.3, 0.4) is 0 Å². The highest BCUT2D eigenvalue weighted by Crippen LogP contribution is 2.34. The molecule has 0 unspecified atom stereocenters. The quantitative estimate of drug-likeness (QED) is 0.724. The Morgan fingerprint density at radius 2 is 1.77 bits per heavy atom. The molecule has 3 rings (SSSR count). The van der Waals surface area contributed by atoms with E-state index >= 15 is 0 Å². The zero-order chi connectivity index (χ0) is 22.3. The maximum absolute atomic E-state index is 12.3. The fraction of sp³-hybridized carbons (Fsp3) is 0.591. The minimum absolute atomic E-state index is 0.0909. The van der Waals surface area contributed by atoms with Crippen molar-refractivity contribution in [2.45, 2.75) is 71.4 Å². The zero-order valence-corrected chi connectivity index (χ0v) is 18.7. The largest absolute Gasteiger partial charge is 0.463 e. The van der Waals surface area contributed by atoms with Crippen LogP contribution in [0.25, 0.3) is 10.9 Å². The molecule has 30 heavy (non-hydrogen) atoms. The number of benzene rings is 1. The van der Waals surface area contributed by atoms with E-state index in [9.17, 15) is 14.7 Å². The lowest BCUT2D eigenvalue weighted by Crippen LogP contribution is -2.41. The summed E-state index contributed by atoms with van der Waals surface area (Å²) in [5, 5.41) is 18.3. The van der Waals surface area contributed by atoms with Gasteiger partial charge in [-0.2, -0.15) is 9.78 Å². The highest BCUT2D eigenvalue weighted by molar-refractivity contribution is 5.91. The van der Waals surface area contributed by atoms with Crippen molar-refractivity contribution in [2.24, 2.45) is 0 Å². The molecule has 1 saturated heterocycles.